The first-order valence-electron chi connectivity index (χ1n) is 5.76. The van der Waals surface area contributed by atoms with Gasteiger partial charge < -0.3 is 5.11 Å². The molecule has 1 unspecified atom stereocenters. The molecule has 96 valence electrons. The van der Waals surface area contributed by atoms with Gasteiger partial charge in [0.2, 0.25) is 10.0 Å². The van der Waals surface area contributed by atoms with Gasteiger partial charge in [-0.2, -0.15) is 0 Å². The maximum atomic E-state index is 11.5. The Morgan fingerprint density at radius 1 is 1.50 bits per heavy atom. The van der Waals surface area contributed by atoms with Crippen LogP contribution in [0.3, 0.4) is 0 Å². The molecule has 6 heteroatoms. The molecule has 2 N–H and O–H groups in total. The number of hydrogen-bond acceptors (Lipinski definition) is 4. The van der Waals surface area contributed by atoms with Crippen LogP contribution in [0.2, 0.25) is 0 Å². The fourth-order valence-corrected chi connectivity index (χ4v) is 2.71. The number of aliphatic hydroxyl groups is 1. The Bertz CT molecular complexity index is 301. The first-order chi connectivity index (χ1) is 7.46. The van der Waals surface area contributed by atoms with E-state index < -0.39 is 10.0 Å². The lowest BCUT2D eigenvalue weighted by molar-refractivity contribution is 0.248. The Hall–Kier alpha value is -0.170. The smallest absolute Gasteiger partial charge is 0.211 e. The highest BCUT2D eigenvalue weighted by Gasteiger charge is 2.29. The molecule has 1 aliphatic carbocycles. The minimum absolute atomic E-state index is 0.00334. The molecule has 1 rings (SSSR count). The monoisotopic (exact) mass is 250 g/mol. The highest BCUT2D eigenvalue weighted by Crippen LogP contribution is 2.26. The first kappa shape index (κ1) is 13.9. The molecule has 0 saturated heterocycles. The fourth-order valence-electron chi connectivity index (χ4n) is 1.56. The summed E-state index contributed by atoms with van der Waals surface area (Å²) < 4.78 is 25.5. The van der Waals surface area contributed by atoms with Gasteiger partial charge in [-0.25, -0.2) is 13.1 Å². The summed E-state index contributed by atoms with van der Waals surface area (Å²) in [6.45, 7) is 2.38. The van der Waals surface area contributed by atoms with Gasteiger partial charge in [0.15, 0.2) is 0 Å². The summed E-state index contributed by atoms with van der Waals surface area (Å²) in [5.74, 6) is 0.00334. The second-order valence-corrected chi connectivity index (χ2v) is 6.42. The third-order valence-electron chi connectivity index (χ3n) is 2.99. The van der Waals surface area contributed by atoms with Crippen molar-refractivity contribution < 1.29 is 13.5 Å². The Morgan fingerprint density at radius 2 is 2.12 bits per heavy atom. The molecule has 1 atom stereocenters. The van der Waals surface area contributed by atoms with Crippen molar-refractivity contribution in [3.63, 3.8) is 0 Å². The van der Waals surface area contributed by atoms with Crippen LogP contribution in [0, 0.1) is 0 Å². The van der Waals surface area contributed by atoms with Crippen molar-refractivity contribution in [1.82, 2.24) is 9.62 Å². The summed E-state index contributed by atoms with van der Waals surface area (Å²) in [7, 11) is -1.18. The molecular weight excluding hydrogens is 228 g/mol. The molecule has 0 aromatic carbocycles. The van der Waals surface area contributed by atoms with Crippen LogP contribution < -0.4 is 4.72 Å². The largest absolute Gasteiger partial charge is 0.396 e. The third kappa shape index (κ3) is 4.78. The third-order valence-corrected chi connectivity index (χ3v) is 4.42. The number of rotatable bonds is 8. The summed E-state index contributed by atoms with van der Waals surface area (Å²) >= 11 is 0. The second kappa shape index (κ2) is 5.95. The van der Waals surface area contributed by atoms with Crippen LogP contribution in [0.1, 0.15) is 26.2 Å². The minimum Gasteiger partial charge on any atom is -0.396 e. The van der Waals surface area contributed by atoms with E-state index in [0.29, 0.717) is 19.0 Å². The standard InChI is InChI=1S/C10H22N2O3S/c1-9(12(2)10-4-5-10)8-11-16(14,15)7-3-6-13/h9-11,13H,3-8H2,1-2H3. The summed E-state index contributed by atoms with van der Waals surface area (Å²) in [5, 5.41) is 8.58. The van der Waals surface area contributed by atoms with E-state index in [1.165, 1.54) is 12.8 Å². The fraction of sp³-hybridized carbons (Fsp3) is 1.00. The van der Waals surface area contributed by atoms with Crippen LogP contribution in [0.5, 0.6) is 0 Å². The maximum Gasteiger partial charge on any atom is 0.211 e. The van der Waals surface area contributed by atoms with Gasteiger partial charge in [-0.05, 0) is 33.2 Å². The van der Waals surface area contributed by atoms with E-state index in [2.05, 4.69) is 9.62 Å². The lowest BCUT2D eigenvalue weighted by Crippen LogP contribution is -2.41. The van der Waals surface area contributed by atoms with Crippen LogP contribution in [0.4, 0.5) is 0 Å². The van der Waals surface area contributed by atoms with Crippen LogP contribution in [-0.2, 0) is 10.0 Å². The van der Waals surface area contributed by atoms with E-state index in [-0.39, 0.29) is 18.4 Å². The van der Waals surface area contributed by atoms with Gasteiger partial charge in [-0.15, -0.1) is 0 Å². The molecule has 0 aromatic rings. The Kier molecular flexibility index (Phi) is 5.17. The van der Waals surface area contributed by atoms with Crippen LogP contribution in [0.15, 0.2) is 0 Å². The summed E-state index contributed by atoms with van der Waals surface area (Å²) in [4.78, 5) is 2.22. The number of aliphatic hydroxyl groups excluding tert-OH is 1. The number of sulfonamides is 1. The Labute approximate surface area is 97.9 Å². The predicted molar refractivity (Wildman–Crippen MR) is 63.7 cm³/mol. The molecule has 1 saturated carbocycles. The summed E-state index contributed by atoms with van der Waals surface area (Å²) in [6.07, 6.45) is 2.73. The SMILES string of the molecule is CC(CNS(=O)(=O)CCCO)N(C)C1CC1. The summed E-state index contributed by atoms with van der Waals surface area (Å²) in [6, 6.07) is 0.855. The van der Waals surface area contributed by atoms with Crippen molar-refractivity contribution in [2.45, 2.75) is 38.3 Å². The van der Waals surface area contributed by atoms with Crippen LogP contribution in [0.25, 0.3) is 0 Å². The normalized spacial score (nSPS) is 19.0. The zero-order chi connectivity index (χ0) is 12.2. The lowest BCUT2D eigenvalue weighted by Gasteiger charge is -2.24. The lowest BCUT2D eigenvalue weighted by atomic mass is 10.3. The van der Waals surface area contributed by atoms with Crippen molar-refractivity contribution in [2.75, 3.05) is 26.0 Å². The molecule has 0 heterocycles. The van der Waals surface area contributed by atoms with Gasteiger partial charge in [-0.1, -0.05) is 0 Å². The van der Waals surface area contributed by atoms with Gasteiger partial charge in [0.25, 0.3) is 0 Å². The molecule has 5 nitrogen and oxygen atoms in total. The molecule has 1 fully saturated rings. The van der Waals surface area contributed by atoms with Gasteiger partial charge in [0.1, 0.15) is 0 Å². The minimum atomic E-state index is -3.21. The molecule has 0 aliphatic heterocycles. The van der Waals surface area contributed by atoms with E-state index in [1.807, 2.05) is 14.0 Å². The van der Waals surface area contributed by atoms with E-state index in [4.69, 9.17) is 5.11 Å². The van der Waals surface area contributed by atoms with E-state index in [0.717, 1.165) is 0 Å². The molecule has 0 bridgehead atoms. The van der Waals surface area contributed by atoms with Crippen LogP contribution >= 0.6 is 0 Å². The predicted octanol–water partition coefficient (Wildman–Crippen LogP) is -0.229. The molecule has 0 amide bonds. The second-order valence-electron chi connectivity index (χ2n) is 4.49. The van der Waals surface area contributed by atoms with E-state index >= 15 is 0 Å². The maximum absolute atomic E-state index is 11.5. The van der Waals surface area contributed by atoms with Gasteiger partial charge in [0.05, 0.1) is 5.75 Å². The highest BCUT2D eigenvalue weighted by molar-refractivity contribution is 7.89. The van der Waals surface area contributed by atoms with Crippen molar-refractivity contribution in [3.8, 4) is 0 Å². The highest BCUT2D eigenvalue weighted by atomic mass is 32.2. The average Bonchev–Trinajstić information content (AvgIpc) is 3.06. The first-order valence-corrected chi connectivity index (χ1v) is 7.41. The molecule has 1 aliphatic rings. The number of likely N-dealkylation sites (N-methyl/N-ethyl adjacent to an activating group) is 1. The van der Waals surface area contributed by atoms with Gasteiger partial charge in [0, 0.05) is 25.2 Å². The molecular formula is C10H22N2O3S. The summed E-state index contributed by atoms with van der Waals surface area (Å²) in [5.41, 5.74) is 0. The molecule has 0 radical (unpaired) electrons. The van der Waals surface area contributed by atoms with E-state index in [9.17, 15) is 8.42 Å². The molecule has 16 heavy (non-hydrogen) atoms. The van der Waals surface area contributed by atoms with Gasteiger partial charge >= 0.3 is 0 Å². The molecule has 0 aromatic heterocycles. The number of hydrogen-bond donors (Lipinski definition) is 2. The van der Waals surface area contributed by atoms with Crippen molar-refractivity contribution in [3.05, 3.63) is 0 Å². The van der Waals surface area contributed by atoms with Crippen molar-refractivity contribution >= 4 is 10.0 Å². The topological polar surface area (TPSA) is 69.6 Å². The van der Waals surface area contributed by atoms with Crippen LogP contribution in [-0.4, -0.2) is 56.5 Å². The van der Waals surface area contributed by atoms with Crippen molar-refractivity contribution in [2.24, 2.45) is 0 Å². The van der Waals surface area contributed by atoms with E-state index in [1.54, 1.807) is 0 Å². The number of nitrogens with zero attached hydrogens (tertiary/aromatic N) is 1. The quantitative estimate of drug-likeness (QED) is 0.624. The average molecular weight is 250 g/mol. The Morgan fingerprint density at radius 3 is 2.62 bits per heavy atom. The molecule has 0 spiro atoms. The van der Waals surface area contributed by atoms with Crippen molar-refractivity contribution in [1.29, 1.82) is 0 Å². The zero-order valence-electron chi connectivity index (χ0n) is 10.0. The van der Waals surface area contributed by atoms with Gasteiger partial charge in [-0.3, -0.25) is 4.90 Å². The zero-order valence-corrected chi connectivity index (χ0v) is 10.8. The Balaban J connectivity index is 2.26. The number of nitrogens with one attached hydrogen (secondary N) is 1.